The Morgan fingerprint density at radius 1 is 1.05 bits per heavy atom. The fourth-order valence-electron chi connectivity index (χ4n) is 3.83. The average Bonchev–Trinajstić information content (AvgIpc) is 3.34. The van der Waals surface area contributed by atoms with Gasteiger partial charge in [-0.25, -0.2) is 17.6 Å². The van der Waals surface area contributed by atoms with Gasteiger partial charge in [-0.15, -0.1) is 0 Å². The first-order valence-electron chi connectivity index (χ1n) is 12.2. The van der Waals surface area contributed by atoms with Gasteiger partial charge >= 0.3 is 0 Å². The third-order valence-electron chi connectivity index (χ3n) is 5.67. The summed E-state index contributed by atoms with van der Waals surface area (Å²) in [4.78, 5) is 30.1. The van der Waals surface area contributed by atoms with E-state index in [0.717, 1.165) is 0 Å². The number of nitriles is 1. The minimum atomic E-state index is -1.75. The summed E-state index contributed by atoms with van der Waals surface area (Å²) in [5, 5.41) is 14.8. The standard InChI is InChI=1S/C28H24F2N4O4.CH2F2/c1-28(2,15-31)34-24(35)18-6-4-5-17(13-18)20-14-21-22(25(36)32-3)23(16-7-9-19(30)10-8-16)38-27(21)33-26(20)37-12-11-29;2-1-3/h4-10,13-14H,11-12H2,1-3H3,(H,32,36)(H,34,35);1H2. The molecule has 2 aromatic carbocycles. The molecular formula is C29H26F4N4O4. The number of rotatable bonds is 8. The second kappa shape index (κ2) is 13.4. The summed E-state index contributed by atoms with van der Waals surface area (Å²) in [5.41, 5.74) is 0.760. The number of carbonyl (C=O) groups is 2. The van der Waals surface area contributed by atoms with E-state index >= 15 is 0 Å². The molecule has 214 valence electrons. The second-order valence-corrected chi connectivity index (χ2v) is 9.00. The maximum atomic E-state index is 13.5. The summed E-state index contributed by atoms with van der Waals surface area (Å²) in [6.07, 6.45) is 0. The van der Waals surface area contributed by atoms with Crippen LogP contribution in [0.2, 0.25) is 0 Å². The average molecular weight is 571 g/mol. The topological polar surface area (TPSA) is 117 Å². The number of aromatic nitrogens is 1. The molecule has 2 heterocycles. The lowest BCUT2D eigenvalue weighted by Crippen LogP contribution is -2.42. The van der Waals surface area contributed by atoms with Crippen molar-refractivity contribution in [3.8, 4) is 34.4 Å². The summed E-state index contributed by atoms with van der Waals surface area (Å²) in [7, 11) is 1.47. The molecule has 4 rings (SSSR count). The molecule has 0 aliphatic rings. The largest absolute Gasteiger partial charge is 0.474 e. The van der Waals surface area contributed by atoms with Crippen LogP contribution in [0.1, 0.15) is 34.6 Å². The van der Waals surface area contributed by atoms with Gasteiger partial charge in [0, 0.05) is 23.7 Å². The number of pyridine rings is 1. The van der Waals surface area contributed by atoms with Crippen molar-refractivity contribution in [2.45, 2.75) is 19.4 Å². The molecule has 41 heavy (non-hydrogen) atoms. The molecule has 0 atom stereocenters. The van der Waals surface area contributed by atoms with Crippen molar-refractivity contribution in [3.05, 3.63) is 71.5 Å². The highest BCUT2D eigenvalue weighted by Crippen LogP contribution is 2.39. The molecule has 0 spiro atoms. The molecule has 2 amide bonds. The molecule has 0 aliphatic carbocycles. The van der Waals surface area contributed by atoms with Gasteiger partial charge in [0.25, 0.3) is 11.8 Å². The number of hydrogen-bond acceptors (Lipinski definition) is 6. The van der Waals surface area contributed by atoms with E-state index < -0.39 is 36.8 Å². The fraction of sp³-hybridized carbons (Fsp3) is 0.241. The van der Waals surface area contributed by atoms with Crippen LogP contribution in [0.5, 0.6) is 5.88 Å². The quantitative estimate of drug-likeness (QED) is 0.254. The Kier molecular flexibility index (Phi) is 10.0. The predicted molar refractivity (Wildman–Crippen MR) is 144 cm³/mol. The third kappa shape index (κ3) is 7.19. The highest BCUT2D eigenvalue weighted by atomic mass is 19.3. The summed E-state index contributed by atoms with van der Waals surface area (Å²) in [6.45, 7) is 0.351. The van der Waals surface area contributed by atoms with Crippen LogP contribution in [-0.2, 0) is 0 Å². The van der Waals surface area contributed by atoms with E-state index in [1.807, 2.05) is 6.07 Å². The smallest absolute Gasteiger partial charge is 0.255 e. The third-order valence-corrected chi connectivity index (χ3v) is 5.67. The van der Waals surface area contributed by atoms with E-state index in [0.29, 0.717) is 22.1 Å². The van der Waals surface area contributed by atoms with Gasteiger partial charge in [0.15, 0.2) is 0 Å². The van der Waals surface area contributed by atoms with Crippen molar-refractivity contribution < 1.29 is 36.3 Å². The first-order chi connectivity index (χ1) is 19.6. The molecule has 0 bridgehead atoms. The number of carbonyl (C=O) groups excluding carboxylic acids is 2. The Bertz CT molecular complexity index is 1580. The van der Waals surface area contributed by atoms with Gasteiger partial charge in [-0.3, -0.25) is 9.59 Å². The molecule has 0 saturated heterocycles. The zero-order chi connectivity index (χ0) is 30.2. The lowest BCUT2D eigenvalue weighted by atomic mass is 10.00. The van der Waals surface area contributed by atoms with E-state index in [-0.39, 0.29) is 35.1 Å². The second-order valence-electron chi connectivity index (χ2n) is 9.00. The van der Waals surface area contributed by atoms with Gasteiger partial charge in [-0.05, 0) is 61.9 Å². The molecular weight excluding hydrogens is 544 g/mol. The lowest BCUT2D eigenvalue weighted by Gasteiger charge is -2.18. The van der Waals surface area contributed by atoms with Gasteiger partial charge in [0.2, 0.25) is 18.5 Å². The molecule has 0 saturated carbocycles. The number of halogens is 4. The Balaban J connectivity index is 0.00000147. The molecule has 2 aromatic heterocycles. The zero-order valence-electron chi connectivity index (χ0n) is 22.4. The predicted octanol–water partition coefficient (Wildman–Crippen LogP) is 5.92. The fourth-order valence-corrected chi connectivity index (χ4v) is 3.83. The van der Waals surface area contributed by atoms with Gasteiger partial charge in [0.1, 0.15) is 30.4 Å². The number of benzene rings is 2. The highest BCUT2D eigenvalue weighted by Gasteiger charge is 2.26. The van der Waals surface area contributed by atoms with E-state index in [1.54, 1.807) is 44.2 Å². The summed E-state index contributed by atoms with van der Waals surface area (Å²) >= 11 is 0. The van der Waals surface area contributed by atoms with Crippen molar-refractivity contribution in [1.82, 2.24) is 15.6 Å². The molecule has 8 nitrogen and oxygen atoms in total. The highest BCUT2D eigenvalue weighted by molar-refractivity contribution is 6.11. The van der Waals surface area contributed by atoms with Crippen LogP contribution in [-0.4, -0.2) is 49.6 Å². The number of ether oxygens (including phenoxy) is 1. The van der Waals surface area contributed by atoms with Crippen molar-refractivity contribution in [2.75, 3.05) is 27.3 Å². The van der Waals surface area contributed by atoms with Crippen LogP contribution in [0.3, 0.4) is 0 Å². The zero-order valence-corrected chi connectivity index (χ0v) is 22.4. The van der Waals surface area contributed by atoms with E-state index in [9.17, 15) is 32.4 Å². The van der Waals surface area contributed by atoms with Crippen LogP contribution in [0, 0.1) is 17.1 Å². The molecule has 0 unspecified atom stereocenters. The van der Waals surface area contributed by atoms with E-state index in [4.69, 9.17) is 9.15 Å². The number of nitrogens with one attached hydrogen (secondary N) is 2. The number of nitrogens with zero attached hydrogens (tertiary/aromatic N) is 2. The number of amides is 2. The first kappa shape index (κ1) is 30.6. The number of alkyl halides is 3. The molecule has 0 radical (unpaired) electrons. The maximum Gasteiger partial charge on any atom is 0.255 e. The van der Waals surface area contributed by atoms with Crippen LogP contribution in [0.4, 0.5) is 17.6 Å². The monoisotopic (exact) mass is 570 g/mol. The minimum absolute atomic E-state index is 0.0351. The van der Waals surface area contributed by atoms with Crippen LogP contribution >= 0.6 is 0 Å². The Hall–Kier alpha value is -4.92. The van der Waals surface area contributed by atoms with Gasteiger partial charge < -0.3 is 19.8 Å². The van der Waals surface area contributed by atoms with Gasteiger partial charge in [0.05, 0.1) is 17.0 Å². The number of hydrogen-bond donors (Lipinski definition) is 2. The molecule has 12 heteroatoms. The minimum Gasteiger partial charge on any atom is -0.474 e. The Labute approximate surface area is 232 Å². The summed E-state index contributed by atoms with van der Waals surface area (Å²) in [5.74, 6) is -1.16. The normalized spacial score (nSPS) is 10.8. The van der Waals surface area contributed by atoms with Crippen molar-refractivity contribution in [2.24, 2.45) is 0 Å². The first-order valence-corrected chi connectivity index (χ1v) is 12.2. The molecule has 4 aromatic rings. The van der Waals surface area contributed by atoms with Gasteiger partial charge in [-0.1, -0.05) is 12.1 Å². The lowest BCUT2D eigenvalue weighted by molar-refractivity contribution is 0.0927. The summed E-state index contributed by atoms with van der Waals surface area (Å²) in [6, 6.07) is 15.6. The van der Waals surface area contributed by atoms with Crippen molar-refractivity contribution in [1.29, 1.82) is 5.26 Å². The van der Waals surface area contributed by atoms with Gasteiger partial charge in [-0.2, -0.15) is 10.2 Å². The summed E-state index contributed by atoms with van der Waals surface area (Å²) < 4.78 is 57.3. The molecule has 2 N–H and O–H groups in total. The van der Waals surface area contributed by atoms with Crippen LogP contribution < -0.4 is 15.4 Å². The van der Waals surface area contributed by atoms with E-state index in [1.165, 1.54) is 31.3 Å². The van der Waals surface area contributed by atoms with E-state index in [2.05, 4.69) is 15.6 Å². The van der Waals surface area contributed by atoms with Crippen LogP contribution in [0.15, 0.2) is 59.0 Å². The Morgan fingerprint density at radius 2 is 1.73 bits per heavy atom. The van der Waals surface area contributed by atoms with Crippen molar-refractivity contribution in [3.63, 3.8) is 0 Å². The maximum absolute atomic E-state index is 13.5. The number of fused-ring (bicyclic) bond motifs is 1. The van der Waals surface area contributed by atoms with Crippen LogP contribution in [0.25, 0.3) is 33.6 Å². The van der Waals surface area contributed by atoms with Crippen molar-refractivity contribution >= 4 is 22.9 Å². The molecule has 0 fully saturated rings. The molecule has 0 aliphatic heterocycles. The SMILES string of the molecule is CNC(=O)c1c(-c2ccc(F)cc2)oc2nc(OCCF)c(-c3cccc(C(=O)NC(C)(C)C#N)c3)cc12.FCF. The number of furan rings is 1. The Morgan fingerprint density at radius 3 is 2.34 bits per heavy atom.